The Bertz CT molecular complexity index is 352. The molecule has 1 atom stereocenters. The Morgan fingerprint density at radius 3 is 2.50 bits per heavy atom. The van der Waals surface area contributed by atoms with Gasteiger partial charge < -0.3 is 14.7 Å². The summed E-state index contributed by atoms with van der Waals surface area (Å²) in [6, 6.07) is 8.45. The molecule has 0 aliphatic rings. The number of para-hydroxylation sites is 1. The van der Waals surface area contributed by atoms with Gasteiger partial charge in [-0.3, -0.25) is 0 Å². The number of benzene rings is 1. The Labute approximate surface area is 110 Å². The van der Waals surface area contributed by atoms with Crippen LogP contribution >= 0.6 is 0 Å². The Balaban J connectivity index is 3.03. The van der Waals surface area contributed by atoms with Crippen LogP contribution in [0.1, 0.15) is 38.9 Å². The van der Waals surface area contributed by atoms with E-state index in [0.717, 1.165) is 24.2 Å². The maximum absolute atomic E-state index is 10.1. The largest absolute Gasteiger partial charge is 0.388 e. The normalized spacial score (nSPS) is 12.8. The van der Waals surface area contributed by atoms with Gasteiger partial charge in [-0.25, -0.2) is 0 Å². The number of hydrogen-bond acceptors (Lipinski definition) is 3. The summed E-state index contributed by atoms with van der Waals surface area (Å²) in [5.41, 5.74) is 2.11. The minimum absolute atomic E-state index is 0.380. The van der Waals surface area contributed by atoms with Crippen molar-refractivity contribution in [1.29, 1.82) is 0 Å². The second-order valence-electron chi connectivity index (χ2n) is 4.76. The molecule has 0 aromatic heterocycles. The average molecular weight is 251 g/mol. The Kier molecular flexibility index (Phi) is 6.16. The van der Waals surface area contributed by atoms with E-state index in [1.807, 2.05) is 25.1 Å². The summed E-state index contributed by atoms with van der Waals surface area (Å²) in [6.45, 7) is 7.84. The topological polar surface area (TPSA) is 32.7 Å². The lowest BCUT2D eigenvalue weighted by atomic mass is 10.0. The molecule has 1 rings (SSSR count). The molecule has 1 N–H and O–H groups in total. The van der Waals surface area contributed by atoms with Crippen molar-refractivity contribution in [2.45, 2.75) is 39.3 Å². The number of anilines is 1. The second-order valence-corrected chi connectivity index (χ2v) is 4.76. The molecule has 0 aliphatic heterocycles. The highest BCUT2D eigenvalue weighted by molar-refractivity contribution is 5.55. The quantitative estimate of drug-likeness (QED) is 0.808. The van der Waals surface area contributed by atoms with Crippen molar-refractivity contribution in [1.82, 2.24) is 0 Å². The van der Waals surface area contributed by atoms with Gasteiger partial charge in [0, 0.05) is 30.9 Å². The lowest BCUT2D eigenvalue weighted by Gasteiger charge is -2.31. The van der Waals surface area contributed by atoms with E-state index >= 15 is 0 Å². The van der Waals surface area contributed by atoms with Crippen LogP contribution in [0.3, 0.4) is 0 Å². The van der Waals surface area contributed by atoms with Gasteiger partial charge in [-0.15, -0.1) is 0 Å². The zero-order valence-electron chi connectivity index (χ0n) is 11.9. The first kappa shape index (κ1) is 15.0. The average Bonchev–Trinajstić information content (AvgIpc) is 2.38. The van der Waals surface area contributed by atoms with Crippen molar-refractivity contribution in [3.63, 3.8) is 0 Å². The lowest BCUT2D eigenvalue weighted by Crippen LogP contribution is -2.34. The summed E-state index contributed by atoms with van der Waals surface area (Å²) < 4.78 is 5.17. The van der Waals surface area contributed by atoms with Gasteiger partial charge in [0.25, 0.3) is 0 Å². The van der Waals surface area contributed by atoms with Crippen LogP contribution in [-0.2, 0) is 4.74 Å². The molecule has 0 saturated heterocycles. The molecule has 102 valence electrons. The smallest absolute Gasteiger partial charge is 0.0807 e. The first-order valence-electron chi connectivity index (χ1n) is 6.64. The van der Waals surface area contributed by atoms with Crippen LogP contribution in [0.25, 0.3) is 0 Å². The minimum atomic E-state index is -0.398. The van der Waals surface area contributed by atoms with Crippen molar-refractivity contribution in [2.24, 2.45) is 0 Å². The summed E-state index contributed by atoms with van der Waals surface area (Å²) in [4.78, 5) is 2.28. The molecule has 1 aromatic carbocycles. The van der Waals surface area contributed by atoms with E-state index in [4.69, 9.17) is 4.74 Å². The third-order valence-electron chi connectivity index (χ3n) is 3.15. The second kappa shape index (κ2) is 7.39. The highest BCUT2D eigenvalue weighted by Gasteiger charge is 2.17. The molecule has 1 aromatic rings. The maximum atomic E-state index is 10.1. The van der Waals surface area contributed by atoms with Crippen LogP contribution < -0.4 is 4.90 Å². The Hall–Kier alpha value is -1.06. The van der Waals surface area contributed by atoms with Crippen LogP contribution in [0.2, 0.25) is 0 Å². The summed E-state index contributed by atoms with van der Waals surface area (Å²) in [7, 11) is 1.71. The van der Waals surface area contributed by atoms with E-state index < -0.39 is 6.10 Å². The molecule has 3 nitrogen and oxygen atoms in total. The van der Waals surface area contributed by atoms with Crippen molar-refractivity contribution in [3.8, 4) is 0 Å². The van der Waals surface area contributed by atoms with Gasteiger partial charge in [-0.05, 0) is 26.3 Å². The van der Waals surface area contributed by atoms with E-state index in [1.54, 1.807) is 7.11 Å². The van der Waals surface area contributed by atoms with Crippen LogP contribution in [-0.4, -0.2) is 31.4 Å². The van der Waals surface area contributed by atoms with E-state index in [0.29, 0.717) is 12.6 Å². The molecule has 18 heavy (non-hydrogen) atoms. The third-order valence-corrected chi connectivity index (χ3v) is 3.15. The molecule has 0 bridgehead atoms. The number of methoxy groups -OCH3 is 1. The number of nitrogens with zero attached hydrogens (tertiary/aromatic N) is 1. The van der Waals surface area contributed by atoms with Gasteiger partial charge in [-0.2, -0.15) is 0 Å². The van der Waals surface area contributed by atoms with Gasteiger partial charge in [0.2, 0.25) is 0 Å². The van der Waals surface area contributed by atoms with Crippen LogP contribution in [0.4, 0.5) is 5.69 Å². The fourth-order valence-electron chi connectivity index (χ4n) is 2.10. The minimum Gasteiger partial charge on any atom is -0.388 e. The molecular weight excluding hydrogens is 226 g/mol. The highest BCUT2D eigenvalue weighted by atomic mass is 16.5. The zero-order chi connectivity index (χ0) is 13.5. The maximum Gasteiger partial charge on any atom is 0.0807 e. The number of hydrogen-bond donors (Lipinski definition) is 1. The van der Waals surface area contributed by atoms with E-state index in [-0.39, 0.29) is 0 Å². The van der Waals surface area contributed by atoms with Crippen molar-refractivity contribution < 1.29 is 9.84 Å². The van der Waals surface area contributed by atoms with Crippen LogP contribution in [0.5, 0.6) is 0 Å². The summed E-state index contributed by atoms with van der Waals surface area (Å²) in [6.07, 6.45) is 0.331. The standard InChI is InChI=1S/C15H25NO2/c1-5-15(17)13-8-6-7-9-14(13)16(12(2)3)10-11-18-4/h6-9,12,15,17H,5,10-11H2,1-4H3/t15-/m0/s1. The first-order valence-corrected chi connectivity index (χ1v) is 6.64. The van der Waals surface area contributed by atoms with Gasteiger partial charge in [0.1, 0.15) is 0 Å². The molecule has 0 heterocycles. The molecule has 0 fully saturated rings. The number of aliphatic hydroxyl groups is 1. The fourth-order valence-corrected chi connectivity index (χ4v) is 2.10. The summed E-state index contributed by atoms with van der Waals surface area (Å²) >= 11 is 0. The highest BCUT2D eigenvalue weighted by Crippen LogP contribution is 2.29. The van der Waals surface area contributed by atoms with Crippen LogP contribution in [0, 0.1) is 0 Å². The van der Waals surface area contributed by atoms with Gasteiger partial charge in [-0.1, -0.05) is 25.1 Å². The van der Waals surface area contributed by atoms with Gasteiger partial charge in [0.15, 0.2) is 0 Å². The van der Waals surface area contributed by atoms with Crippen molar-refractivity contribution >= 4 is 5.69 Å². The number of rotatable bonds is 7. The first-order chi connectivity index (χ1) is 8.61. The zero-order valence-corrected chi connectivity index (χ0v) is 11.9. The molecule has 3 heteroatoms. The number of aliphatic hydroxyl groups excluding tert-OH is 1. The fraction of sp³-hybridized carbons (Fsp3) is 0.600. The van der Waals surface area contributed by atoms with Gasteiger partial charge in [0.05, 0.1) is 12.7 Å². The van der Waals surface area contributed by atoms with E-state index in [2.05, 4.69) is 24.8 Å². The molecular formula is C15H25NO2. The molecule has 0 aliphatic carbocycles. The molecule has 0 amide bonds. The lowest BCUT2D eigenvalue weighted by molar-refractivity contribution is 0.173. The van der Waals surface area contributed by atoms with Crippen molar-refractivity contribution in [2.75, 3.05) is 25.2 Å². The van der Waals surface area contributed by atoms with Gasteiger partial charge >= 0.3 is 0 Å². The number of ether oxygens (including phenoxy) is 1. The predicted molar refractivity (Wildman–Crippen MR) is 76.1 cm³/mol. The summed E-state index contributed by atoms with van der Waals surface area (Å²) in [5, 5.41) is 10.1. The Morgan fingerprint density at radius 2 is 1.94 bits per heavy atom. The van der Waals surface area contributed by atoms with E-state index in [9.17, 15) is 5.11 Å². The summed E-state index contributed by atoms with van der Waals surface area (Å²) in [5.74, 6) is 0. The monoisotopic (exact) mass is 251 g/mol. The molecule has 0 radical (unpaired) electrons. The SMILES string of the molecule is CC[C@H](O)c1ccccc1N(CCOC)C(C)C. The third kappa shape index (κ3) is 3.72. The predicted octanol–water partition coefficient (Wildman–Crippen LogP) is 2.99. The van der Waals surface area contributed by atoms with Crippen LogP contribution in [0.15, 0.2) is 24.3 Å². The molecule has 0 spiro atoms. The molecule has 0 saturated carbocycles. The Morgan fingerprint density at radius 1 is 1.28 bits per heavy atom. The van der Waals surface area contributed by atoms with Crippen molar-refractivity contribution in [3.05, 3.63) is 29.8 Å². The molecule has 0 unspecified atom stereocenters. The van der Waals surface area contributed by atoms with E-state index in [1.165, 1.54) is 0 Å².